The van der Waals surface area contributed by atoms with Crippen LogP contribution in [-0.2, 0) is 9.53 Å². The molecule has 0 aliphatic carbocycles. The van der Waals surface area contributed by atoms with E-state index in [1.165, 1.54) is 0 Å². The quantitative estimate of drug-likeness (QED) is 0.835. The number of ketones is 1. The lowest BCUT2D eigenvalue weighted by molar-refractivity contribution is -0.112. The Labute approximate surface area is 111 Å². The molecule has 0 bridgehead atoms. The summed E-state index contributed by atoms with van der Waals surface area (Å²) in [6, 6.07) is 5.41. The van der Waals surface area contributed by atoms with Crippen LogP contribution >= 0.6 is 0 Å². The van der Waals surface area contributed by atoms with Gasteiger partial charge >= 0.3 is 0 Å². The molecule has 1 fully saturated rings. The lowest BCUT2D eigenvalue weighted by atomic mass is 10.1. The zero-order valence-electron chi connectivity index (χ0n) is 10.8. The Bertz CT molecular complexity index is 535. The number of ether oxygens (including phenoxy) is 1. The molecule has 0 spiro atoms. The van der Waals surface area contributed by atoms with Crippen LogP contribution in [0, 0.1) is 0 Å². The average Bonchev–Trinajstić information content (AvgIpc) is 2.99. The van der Waals surface area contributed by atoms with Crippen LogP contribution in [0.15, 0.2) is 18.2 Å². The minimum Gasteiger partial charge on any atom is -0.376 e. The van der Waals surface area contributed by atoms with Gasteiger partial charge in [0.2, 0.25) is 0 Å². The third-order valence-corrected chi connectivity index (χ3v) is 3.64. The molecule has 0 radical (unpaired) electrons. The molecule has 5 heteroatoms. The van der Waals surface area contributed by atoms with Gasteiger partial charge in [-0.1, -0.05) is 0 Å². The van der Waals surface area contributed by atoms with E-state index in [0.717, 1.165) is 31.7 Å². The Morgan fingerprint density at radius 3 is 3.00 bits per heavy atom. The number of hydrogen-bond acceptors (Lipinski definition) is 4. The van der Waals surface area contributed by atoms with Gasteiger partial charge in [-0.3, -0.25) is 9.59 Å². The number of amides is 1. The molecule has 3 rings (SSSR count). The van der Waals surface area contributed by atoms with Gasteiger partial charge in [0.15, 0.2) is 0 Å². The predicted octanol–water partition coefficient (Wildman–Crippen LogP) is 1.44. The molecule has 0 saturated carbocycles. The molecule has 2 aliphatic heterocycles. The first kappa shape index (κ1) is 12.2. The largest absolute Gasteiger partial charge is 0.376 e. The van der Waals surface area contributed by atoms with E-state index in [2.05, 4.69) is 10.2 Å². The number of carbonyl (C=O) groups is 2. The second-order valence-electron chi connectivity index (χ2n) is 5.03. The van der Waals surface area contributed by atoms with E-state index < -0.39 is 11.7 Å². The first-order valence-electron chi connectivity index (χ1n) is 6.47. The van der Waals surface area contributed by atoms with Gasteiger partial charge in [-0.2, -0.15) is 0 Å². The van der Waals surface area contributed by atoms with Crippen molar-refractivity contribution in [3.63, 3.8) is 0 Å². The van der Waals surface area contributed by atoms with Crippen LogP contribution in [0.3, 0.4) is 0 Å². The molecule has 1 aromatic carbocycles. The number of anilines is 2. The lowest BCUT2D eigenvalue weighted by Crippen LogP contribution is -2.28. The first-order chi connectivity index (χ1) is 9.15. The van der Waals surface area contributed by atoms with Gasteiger partial charge in [-0.25, -0.2) is 0 Å². The Balaban J connectivity index is 1.77. The summed E-state index contributed by atoms with van der Waals surface area (Å²) >= 11 is 0. The summed E-state index contributed by atoms with van der Waals surface area (Å²) in [7, 11) is 1.99. The molecule has 1 atom stereocenters. The minimum absolute atomic E-state index is 0.273. The molecular weight excluding hydrogens is 244 g/mol. The second-order valence-corrected chi connectivity index (χ2v) is 5.03. The smallest absolute Gasteiger partial charge is 0.296 e. The third kappa shape index (κ3) is 2.21. The van der Waals surface area contributed by atoms with Crippen molar-refractivity contribution in [3.05, 3.63) is 23.8 Å². The normalized spacial score (nSPS) is 21.4. The number of nitrogens with zero attached hydrogens (tertiary/aromatic N) is 1. The highest BCUT2D eigenvalue weighted by Gasteiger charge is 2.28. The highest BCUT2D eigenvalue weighted by molar-refractivity contribution is 6.51. The molecular formula is C14H16N2O3. The Kier molecular flexibility index (Phi) is 2.98. The van der Waals surface area contributed by atoms with Crippen LogP contribution in [0.5, 0.6) is 0 Å². The molecule has 19 heavy (non-hydrogen) atoms. The van der Waals surface area contributed by atoms with Crippen molar-refractivity contribution < 1.29 is 14.3 Å². The number of rotatable bonds is 3. The topological polar surface area (TPSA) is 58.6 Å². The van der Waals surface area contributed by atoms with Gasteiger partial charge in [-0.15, -0.1) is 0 Å². The van der Waals surface area contributed by atoms with Gasteiger partial charge in [0, 0.05) is 25.9 Å². The summed E-state index contributed by atoms with van der Waals surface area (Å²) in [5.74, 6) is -1.00. The van der Waals surface area contributed by atoms with E-state index in [9.17, 15) is 9.59 Å². The number of fused-ring (bicyclic) bond motifs is 1. The summed E-state index contributed by atoms with van der Waals surface area (Å²) in [5.41, 5.74) is 2.04. The summed E-state index contributed by atoms with van der Waals surface area (Å²) in [5, 5.41) is 2.59. The molecule has 1 aromatic rings. The molecule has 100 valence electrons. The summed E-state index contributed by atoms with van der Waals surface area (Å²) in [6.07, 6.45) is 2.48. The van der Waals surface area contributed by atoms with Crippen molar-refractivity contribution in [2.75, 3.05) is 30.4 Å². The maximum absolute atomic E-state index is 11.5. The zero-order valence-corrected chi connectivity index (χ0v) is 10.8. The van der Waals surface area contributed by atoms with Crippen molar-refractivity contribution in [3.8, 4) is 0 Å². The summed E-state index contributed by atoms with van der Waals surface area (Å²) < 4.78 is 5.61. The van der Waals surface area contributed by atoms with Gasteiger partial charge in [0.25, 0.3) is 11.7 Å². The average molecular weight is 260 g/mol. The highest BCUT2D eigenvalue weighted by Crippen LogP contribution is 2.28. The van der Waals surface area contributed by atoms with Crippen LogP contribution < -0.4 is 10.2 Å². The van der Waals surface area contributed by atoms with E-state index in [0.29, 0.717) is 11.3 Å². The van der Waals surface area contributed by atoms with Gasteiger partial charge < -0.3 is 15.0 Å². The standard InChI is InChI=1S/C14H16N2O3/c1-16(8-10-3-2-6-19-10)9-4-5-11-12(7-9)15-14(18)13(11)17/h4-5,7,10H,2-3,6,8H2,1H3,(H,15,17,18). The summed E-state index contributed by atoms with van der Waals surface area (Å²) in [4.78, 5) is 24.9. The molecule has 1 unspecified atom stereocenters. The fraction of sp³-hybridized carbons (Fsp3) is 0.429. The van der Waals surface area contributed by atoms with Crippen molar-refractivity contribution in [1.29, 1.82) is 0 Å². The maximum Gasteiger partial charge on any atom is 0.296 e. The lowest BCUT2D eigenvalue weighted by Gasteiger charge is -2.23. The van der Waals surface area contributed by atoms with E-state index in [1.807, 2.05) is 19.2 Å². The number of likely N-dealkylation sites (N-methyl/N-ethyl adjacent to an activating group) is 1. The van der Waals surface area contributed by atoms with Crippen LogP contribution in [-0.4, -0.2) is 38.0 Å². The molecule has 1 amide bonds. The van der Waals surface area contributed by atoms with Crippen LogP contribution in [0.1, 0.15) is 23.2 Å². The third-order valence-electron chi connectivity index (χ3n) is 3.64. The Hall–Kier alpha value is -1.88. The molecule has 1 saturated heterocycles. The fourth-order valence-corrected chi connectivity index (χ4v) is 2.57. The SMILES string of the molecule is CN(CC1CCCO1)c1ccc2c(c1)NC(=O)C2=O. The number of Topliss-reactive ketones (excluding diaryl/α,β-unsaturated/α-hetero) is 1. The molecule has 2 aliphatic rings. The van der Waals surface area contributed by atoms with Crippen molar-refractivity contribution >= 4 is 23.1 Å². The minimum atomic E-state index is -0.547. The number of nitrogens with one attached hydrogen (secondary N) is 1. The first-order valence-corrected chi connectivity index (χ1v) is 6.47. The van der Waals surface area contributed by atoms with Crippen molar-refractivity contribution in [2.45, 2.75) is 18.9 Å². The number of hydrogen-bond donors (Lipinski definition) is 1. The van der Waals surface area contributed by atoms with Gasteiger partial charge in [-0.05, 0) is 31.0 Å². The van der Waals surface area contributed by atoms with E-state index >= 15 is 0 Å². The molecule has 1 N–H and O–H groups in total. The number of carbonyl (C=O) groups excluding carboxylic acids is 2. The van der Waals surface area contributed by atoms with Gasteiger partial charge in [0.1, 0.15) is 0 Å². The predicted molar refractivity (Wildman–Crippen MR) is 71.6 cm³/mol. The van der Waals surface area contributed by atoms with Crippen LogP contribution in [0.2, 0.25) is 0 Å². The number of benzene rings is 1. The fourth-order valence-electron chi connectivity index (χ4n) is 2.57. The van der Waals surface area contributed by atoms with E-state index in [4.69, 9.17) is 4.74 Å². The molecule has 5 nitrogen and oxygen atoms in total. The Morgan fingerprint density at radius 2 is 2.26 bits per heavy atom. The van der Waals surface area contributed by atoms with Gasteiger partial charge in [0.05, 0.1) is 17.4 Å². The van der Waals surface area contributed by atoms with Crippen LogP contribution in [0.25, 0.3) is 0 Å². The molecule has 0 aromatic heterocycles. The van der Waals surface area contributed by atoms with E-state index in [1.54, 1.807) is 6.07 Å². The highest BCUT2D eigenvalue weighted by atomic mass is 16.5. The van der Waals surface area contributed by atoms with Crippen molar-refractivity contribution in [2.24, 2.45) is 0 Å². The van der Waals surface area contributed by atoms with E-state index in [-0.39, 0.29) is 6.10 Å². The maximum atomic E-state index is 11.5. The molecule has 2 heterocycles. The monoisotopic (exact) mass is 260 g/mol. The van der Waals surface area contributed by atoms with Crippen molar-refractivity contribution in [1.82, 2.24) is 0 Å². The van der Waals surface area contributed by atoms with Crippen LogP contribution in [0.4, 0.5) is 11.4 Å². The zero-order chi connectivity index (χ0) is 13.4. The Morgan fingerprint density at radius 1 is 1.42 bits per heavy atom. The second kappa shape index (κ2) is 4.66. The summed E-state index contributed by atoms with van der Waals surface area (Å²) in [6.45, 7) is 1.66.